The SMILES string of the molecule is Cc1ccc(-n2nc(Cc3cccc(Cl)c3)nc2[C@H]2CC[C@@H](O)[C@H](N)C2)cc1. The number of nitrogens with two attached hydrogens (primary N) is 1. The number of aliphatic hydroxyl groups excluding tert-OH is 1. The molecule has 4 rings (SSSR count). The summed E-state index contributed by atoms with van der Waals surface area (Å²) >= 11 is 6.13. The van der Waals surface area contributed by atoms with Crippen LogP contribution in [0.15, 0.2) is 48.5 Å². The first-order valence-corrected chi connectivity index (χ1v) is 10.1. The molecule has 0 radical (unpaired) electrons. The van der Waals surface area contributed by atoms with Crippen molar-refractivity contribution in [1.82, 2.24) is 14.8 Å². The normalized spacial score (nSPS) is 22.4. The fourth-order valence-corrected chi connectivity index (χ4v) is 4.05. The van der Waals surface area contributed by atoms with Gasteiger partial charge in [0.15, 0.2) is 5.82 Å². The Morgan fingerprint density at radius 3 is 2.68 bits per heavy atom. The van der Waals surface area contributed by atoms with Crippen molar-refractivity contribution >= 4 is 11.6 Å². The minimum atomic E-state index is -0.432. The van der Waals surface area contributed by atoms with Gasteiger partial charge < -0.3 is 10.8 Å². The minimum Gasteiger partial charge on any atom is -0.392 e. The Morgan fingerprint density at radius 2 is 1.96 bits per heavy atom. The van der Waals surface area contributed by atoms with Crippen molar-refractivity contribution in [2.75, 3.05) is 0 Å². The maximum Gasteiger partial charge on any atom is 0.155 e. The Balaban J connectivity index is 1.70. The van der Waals surface area contributed by atoms with Crippen LogP contribution < -0.4 is 5.73 Å². The molecule has 1 aliphatic rings. The molecule has 0 bridgehead atoms. The first-order valence-electron chi connectivity index (χ1n) is 9.70. The van der Waals surface area contributed by atoms with Crippen LogP contribution in [-0.4, -0.2) is 32.0 Å². The van der Waals surface area contributed by atoms with Gasteiger partial charge in [-0.05, 0) is 56.0 Å². The minimum absolute atomic E-state index is 0.181. The van der Waals surface area contributed by atoms with E-state index in [0.717, 1.165) is 29.3 Å². The average molecular weight is 397 g/mol. The summed E-state index contributed by atoms with van der Waals surface area (Å²) < 4.78 is 1.94. The molecule has 1 fully saturated rings. The third-order valence-electron chi connectivity index (χ3n) is 5.43. The van der Waals surface area contributed by atoms with Gasteiger partial charge in [-0.3, -0.25) is 0 Å². The van der Waals surface area contributed by atoms with Crippen LogP contribution in [0.5, 0.6) is 0 Å². The second-order valence-electron chi connectivity index (χ2n) is 7.68. The third kappa shape index (κ3) is 4.12. The number of hydrogen-bond donors (Lipinski definition) is 2. The highest BCUT2D eigenvalue weighted by atomic mass is 35.5. The van der Waals surface area contributed by atoms with Gasteiger partial charge in [0.1, 0.15) is 5.82 Å². The Kier molecular flexibility index (Phi) is 5.49. The lowest BCUT2D eigenvalue weighted by Crippen LogP contribution is -2.40. The van der Waals surface area contributed by atoms with Gasteiger partial charge in [0.2, 0.25) is 0 Å². The van der Waals surface area contributed by atoms with Crippen LogP contribution in [0.2, 0.25) is 5.02 Å². The lowest BCUT2D eigenvalue weighted by atomic mass is 9.83. The molecule has 0 saturated heterocycles. The molecule has 3 N–H and O–H groups in total. The highest BCUT2D eigenvalue weighted by Gasteiger charge is 2.31. The van der Waals surface area contributed by atoms with Crippen molar-refractivity contribution in [3.63, 3.8) is 0 Å². The van der Waals surface area contributed by atoms with Gasteiger partial charge in [-0.15, -0.1) is 0 Å². The lowest BCUT2D eigenvalue weighted by molar-refractivity contribution is 0.0989. The number of aromatic nitrogens is 3. The van der Waals surface area contributed by atoms with E-state index in [4.69, 9.17) is 27.4 Å². The monoisotopic (exact) mass is 396 g/mol. The summed E-state index contributed by atoms with van der Waals surface area (Å²) in [6.07, 6.45) is 2.44. The van der Waals surface area contributed by atoms with Crippen molar-refractivity contribution < 1.29 is 5.11 Å². The zero-order valence-corrected chi connectivity index (χ0v) is 16.7. The van der Waals surface area contributed by atoms with E-state index in [1.165, 1.54) is 5.56 Å². The summed E-state index contributed by atoms with van der Waals surface area (Å²) in [5, 5.41) is 15.5. The van der Waals surface area contributed by atoms with Crippen LogP contribution in [-0.2, 0) is 6.42 Å². The zero-order chi connectivity index (χ0) is 19.7. The summed E-state index contributed by atoms with van der Waals surface area (Å²) in [6, 6.07) is 15.8. The van der Waals surface area contributed by atoms with Crippen LogP contribution in [0.25, 0.3) is 5.69 Å². The molecule has 2 aromatic carbocycles. The highest BCUT2D eigenvalue weighted by Crippen LogP contribution is 2.33. The molecule has 1 saturated carbocycles. The van der Waals surface area contributed by atoms with E-state index in [0.29, 0.717) is 24.3 Å². The van der Waals surface area contributed by atoms with E-state index >= 15 is 0 Å². The first kappa shape index (κ1) is 19.1. The van der Waals surface area contributed by atoms with Crippen molar-refractivity contribution in [1.29, 1.82) is 0 Å². The van der Waals surface area contributed by atoms with Crippen molar-refractivity contribution in [2.45, 2.75) is 50.7 Å². The van der Waals surface area contributed by atoms with Crippen molar-refractivity contribution in [2.24, 2.45) is 5.73 Å². The molecule has 0 spiro atoms. The molecule has 3 aromatic rings. The molecule has 28 heavy (non-hydrogen) atoms. The third-order valence-corrected chi connectivity index (χ3v) is 5.67. The number of benzene rings is 2. The molecule has 3 atom stereocenters. The number of aryl methyl sites for hydroxylation is 1. The number of nitrogens with zero attached hydrogens (tertiary/aromatic N) is 3. The van der Waals surface area contributed by atoms with Crippen molar-refractivity contribution in [3.8, 4) is 5.69 Å². The largest absolute Gasteiger partial charge is 0.392 e. The number of hydrogen-bond acceptors (Lipinski definition) is 4. The quantitative estimate of drug-likeness (QED) is 0.703. The molecule has 5 nitrogen and oxygen atoms in total. The summed E-state index contributed by atoms with van der Waals surface area (Å²) in [5.41, 5.74) is 9.41. The van der Waals surface area contributed by atoms with E-state index in [2.05, 4.69) is 31.2 Å². The Labute approximate surface area is 170 Å². The summed E-state index contributed by atoms with van der Waals surface area (Å²) in [4.78, 5) is 4.89. The van der Waals surface area contributed by atoms with Gasteiger partial charge in [-0.1, -0.05) is 41.4 Å². The molecule has 0 unspecified atom stereocenters. The molecular weight excluding hydrogens is 372 g/mol. The summed E-state index contributed by atoms with van der Waals surface area (Å²) in [5.74, 6) is 1.86. The van der Waals surface area contributed by atoms with Gasteiger partial charge >= 0.3 is 0 Å². The maximum absolute atomic E-state index is 10.0. The summed E-state index contributed by atoms with van der Waals surface area (Å²) in [6.45, 7) is 2.07. The Hall–Kier alpha value is -2.21. The Bertz CT molecular complexity index is 953. The van der Waals surface area contributed by atoms with E-state index < -0.39 is 6.10 Å². The van der Waals surface area contributed by atoms with E-state index in [-0.39, 0.29) is 12.0 Å². The van der Waals surface area contributed by atoms with Crippen LogP contribution >= 0.6 is 11.6 Å². The van der Waals surface area contributed by atoms with Gasteiger partial charge in [-0.2, -0.15) is 5.10 Å². The van der Waals surface area contributed by atoms with Gasteiger partial charge in [-0.25, -0.2) is 9.67 Å². The molecule has 1 heterocycles. The van der Waals surface area contributed by atoms with Crippen LogP contribution in [0.3, 0.4) is 0 Å². The Morgan fingerprint density at radius 1 is 1.18 bits per heavy atom. The van der Waals surface area contributed by atoms with Gasteiger partial charge in [0.05, 0.1) is 11.8 Å². The molecular formula is C22H25ClN4O. The fourth-order valence-electron chi connectivity index (χ4n) is 3.84. The molecule has 0 aliphatic heterocycles. The number of aliphatic hydroxyl groups is 1. The van der Waals surface area contributed by atoms with Crippen LogP contribution in [0, 0.1) is 6.92 Å². The fraction of sp³-hybridized carbons (Fsp3) is 0.364. The number of rotatable bonds is 4. The molecule has 1 aromatic heterocycles. The second-order valence-corrected chi connectivity index (χ2v) is 8.12. The smallest absolute Gasteiger partial charge is 0.155 e. The maximum atomic E-state index is 10.0. The molecule has 6 heteroatoms. The molecule has 0 amide bonds. The van der Waals surface area contributed by atoms with Gasteiger partial charge in [0.25, 0.3) is 0 Å². The van der Waals surface area contributed by atoms with Crippen molar-refractivity contribution in [3.05, 3.63) is 76.3 Å². The standard InChI is InChI=1S/C22H25ClN4O/c1-14-5-8-18(9-6-14)27-22(16-7-10-20(28)19(24)13-16)25-21(26-27)12-15-3-2-4-17(23)11-15/h2-6,8-9,11,16,19-20,28H,7,10,12-13,24H2,1H3/t16-,19+,20+/m0/s1. The zero-order valence-electron chi connectivity index (χ0n) is 15.9. The molecule has 146 valence electrons. The topological polar surface area (TPSA) is 77.0 Å². The van der Waals surface area contributed by atoms with Crippen LogP contribution in [0.1, 0.15) is 48.0 Å². The molecule has 1 aliphatic carbocycles. The highest BCUT2D eigenvalue weighted by molar-refractivity contribution is 6.30. The predicted octanol–water partition coefficient (Wildman–Crippen LogP) is 3.78. The summed E-state index contributed by atoms with van der Waals surface area (Å²) in [7, 11) is 0. The first-order chi connectivity index (χ1) is 13.5. The van der Waals surface area contributed by atoms with E-state index in [1.54, 1.807) is 0 Å². The average Bonchev–Trinajstić information content (AvgIpc) is 3.08. The lowest BCUT2D eigenvalue weighted by Gasteiger charge is -2.30. The van der Waals surface area contributed by atoms with E-state index in [1.807, 2.05) is 28.9 Å². The van der Waals surface area contributed by atoms with Crippen LogP contribution in [0.4, 0.5) is 0 Å². The second kappa shape index (κ2) is 8.03. The van der Waals surface area contributed by atoms with Gasteiger partial charge in [0, 0.05) is 23.4 Å². The predicted molar refractivity (Wildman–Crippen MR) is 111 cm³/mol. The van der Waals surface area contributed by atoms with E-state index in [9.17, 15) is 5.11 Å². The number of halogens is 1.